The van der Waals surface area contributed by atoms with Gasteiger partial charge in [0.05, 0.1) is 24.6 Å². The molecule has 1 saturated heterocycles. The summed E-state index contributed by atoms with van der Waals surface area (Å²) in [5.41, 5.74) is 0.797. The molecular formula is C18H20N2O6. The van der Waals surface area contributed by atoms with Gasteiger partial charge in [-0.05, 0) is 31.9 Å². The highest BCUT2D eigenvalue weighted by atomic mass is 16.4. The van der Waals surface area contributed by atoms with Crippen LogP contribution < -0.4 is 5.32 Å². The fourth-order valence-electron chi connectivity index (χ4n) is 3.18. The van der Waals surface area contributed by atoms with E-state index in [9.17, 15) is 14.4 Å². The summed E-state index contributed by atoms with van der Waals surface area (Å²) in [5, 5.41) is 11.8. The first-order chi connectivity index (χ1) is 12.5. The van der Waals surface area contributed by atoms with E-state index in [0.717, 1.165) is 0 Å². The SMILES string of the molecule is Cc1coc(CC(=O)O)c1C(=O)N1CCCC1C(=O)NCc1ccco1. The van der Waals surface area contributed by atoms with E-state index in [1.807, 2.05) is 0 Å². The molecular weight excluding hydrogens is 340 g/mol. The second-order valence-corrected chi connectivity index (χ2v) is 6.24. The molecule has 2 N–H and O–H groups in total. The van der Waals surface area contributed by atoms with Crippen LogP contribution in [-0.4, -0.2) is 40.4 Å². The predicted octanol–water partition coefficient (Wildman–Crippen LogP) is 1.73. The van der Waals surface area contributed by atoms with E-state index in [2.05, 4.69) is 5.32 Å². The Balaban J connectivity index is 1.73. The molecule has 2 amide bonds. The molecule has 138 valence electrons. The highest BCUT2D eigenvalue weighted by Crippen LogP contribution is 2.25. The van der Waals surface area contributed by atoms with E-state index in [4.69, 9.17) is 13.9 Å². The third-order valence-electron chi connectivity index (χ3n) is 4.41. The number of carbonyl (C=O) groups is 3. The van der Waals surface area contributed by atoms with Crippen molar-refractivity contribution in [1.82, 2.24) is 10.2 Å². The van der Waals surface area contributed by atoms with E-state index < -0.39 is 12.0 Å². The molecule has 3 rings (SSSR count). The van der Waals surface area contributed by atoms with Crippen molar-refractivity contribution in [1.29, 1.82) is 0 Å². The minimum atomic E-state index is -1.08. The van der Waals surface area contributed by atoms with Gasteiger partial charge in [-0.1, -0.05) is 0 Å². The number of likely N-dealkylation sites (tertiary alicyclic amines) is 1. The van der Waals surface area contributed by atoms with Crippen LogP contribution in [0.5, 0.6) is 0 Å². The van der Waals surface area contributed by atoms with Crippen LogP contribution in [0.2, 0.25) is 0 Å². The van der Waals surface area contributed by atoms with Crippen molar-refractivity contribution in [3.63, 3.8) is 0 Å². The number of amides is 2. The Labute approximate surface area is 149 Å². The molecule has 8 heteroatoms. The number of aryl methyl sites for hydroxylation is 1. The Kier molecular flexibility index (Phi) is 5.11. The second kappa shape index (κ2) is 7.47. The molecule has 1 fully saturated rings. The Bertz CT molecular complexity index is 808. The molecule has 0 radical (unpaired) electrons. The lowest BCUT2D eigenvalue weighted by molar-refractivity contribution is -0.136. The van der Waals surface area contributed by atoms with E-state index in [1.165, 1.54) is 17.4 Å². The summed E-state index contributed by atoms with van der Waals surface area (Å²) < 4.78 is 10.4. The van der Waals surface area contributed by atoms with Gasteiger partial charge in [0, 0.05) is 12.1 Å². The third kappa shape index (κ3) is 3.63. The first-order valence-corrected chi connectivity index (χ1v) is 8.37. The number of nitrogens with one attached hydrogen (secondary N) is 1. The standard InChI is InChI=1S/C18H20N2O6/c1-11-10-26-14(8-15(21)22)16(11)18(24)20-6-2-5-13(20)17(23)19-9-12-4-3-7-25-12/h3-4,7,10,13H,2,5-6,8-9H2,1H3,(H,19,23)(H,21,22). The molecule has 0 spiro atoms. The molecule has 2 aromatic rings. The zero-order valence-corrected chi connectivity index (χ0v) is 14.4. The van der Waals surface area contributed by atoms with E-state index in [-0.39, 0.29) is 36.1 Å². The van der Waals surface area contributed by atoms with Crippen molar-refractivity contribution in [3.05, 3.63) is 47.3 Å². The van der Waals surface area contributed by atoms with Gasteiger partial charge in [-0.3, -0.25) is 14.4 Å². The lowest BCUT2D eigenvalue weighted by atomic mass is 10.1. The molecule has 0 saturated carbocycles. The van der Waals surface area contributed by atoms with Crippen LogP contribution in [0, 0.1) is 6.92 Å². The maximum Gasteiger partial charge on any atom is 0.311 e. The van der Waals surface area contributed by atoms with Crippen LogP contribution in [0.4, 0.5) is 0 Å². The molecule has 0 aliphatic carbocycles. The van der Waals surface area contributed by atoms with Gasteiger partial charge in [-0.25, -0.2) is 0 Å². The predicted molar refractivity (Wildman–Crippen MR) is 89.4 cm³/mol. The Morgan fingerprint density at radius 1 is 1.35 bits per heavy atom. The number of hydrogen-bond donors (Lipinski definition) is 2. The largest absolute Gasteiger partial charge is 0.481 e. The first kappa shape index (κ1) is 17.8. The summed E-state index contributed by atoms with van der Waals surface area (Å²) in [6, 6.07) is 2.90. The van der Waals surface area contributed by atoms with Gasteiger partial charge in [-0.2, -0.15) is 0 Å². The van der Waals surface area contributed by atoms with Gasteiger partial charge >= 0.3 is 5.97 Å². The number of carboxylic acid groups (broad SMARTS) is 1. The quantitative estimate of drug-likeness (QED) is 0.811. The van der Waals surface area contributed by atoms with Gasteiger partial charge in [0.25, 0.3) is 5.91 Å². The summed E-state index contributed by atoms with van der Waals surface area (Å²) in [6.45, 7) is 2.37. The molecule has 1 unspecified atom stereocenters. The minimum absolute atomic E-state index is 0.113. The Morgan fingerprint density at radius 2 is 2.15 bits per heavy atom. The Hall–Kier alpha value is -3.03. The monoisotopic (exact) mass is 360 g/mol. The zero-order valence-electron chi connectivity index (χ0n) is 14.4. The van der Waals surface area contributed by atoms with Crippen molar-refractivity contribution in [2.75, 3.05) is 6.54 Å². The number of nitrogens with zero attached hydrogens (tertiary/aromatic N) is 1. The van der Waals surface area contributed by atoms with Crippen LogP contribution in [0.1, 0.15) is 40.3 Å². The van der Waals surface area contributed by atoms with E-state index in [1.54, 1.807) is 19.1 Å². The van der Waals surface area contributed by atoms with Crippen LogP contribution in [0.15, 0.2) is 33.5 Å². The molecule has 1 aliphatic rings. The first-order valence-electron chi connectivity index (χ1n) is 8.37. The molecule has 1 atom stereocenters. The average Bonchev–Trinajstić information content (AvgIpc) is 3.33. The normalized spacial score (nSPS) is 16.7. The molecule has 0 bridgehead atoms. The highest BCUT2D eigenvalue weighted by Gasteiger charge is 2.36. The summed E-state index contributed by atoms with van der Waals surface area (Å²) in [5.74, 6) is -0.968. The number of aliphatic carboxylic acids is 1. The second-order valence-electron chi connectivity index (χ2n) is 6.24. The fourth-order valence-corrected chi connectivity index (χ4v) is 3.18. The Morgan fingerprint density at radius 3 is 2.85 bits per heavy atom. The topological polar surface area (TPSA) is 113 Å². The zero-order chi connectivity index (χ0) is 18.7. The van der Waals surface area contributed by atoms with Crippen molar-refractivity contribution in [3.8, 4) is 0 Å². The summed E-state index contributed by atoms with van der Waals surface area (Å²) in [7, 11) is 0. The number of carboxylic acids is 1. The summed E-state index contributed by atoms with van der Waals surface area (Å²) in [4.78, 5) is 37.9. The van der Waals surface area contributed by atoms with Crippen molar-refractivity contribution in [2.45, 2.75) is 38.8 Å². The molecule has 3 heterocycles. The lowest BCUT2D eigenvalue weighted by Gasteiger charge is -2.24. The average molecular weight is 360 g/mol. The van der Waals surface area contributed by atoms with Crippen LogP contribution in [0.25, 0.3) is 0 Å². The van der Waals surface area contributed by atoms with Crippen molar-refractivity contribution in [2.24, 2.45) is 0 Å². The van der Waals surface area contributed by atoms with Gasteiger partial charge in [0.2, 0.25) is 5.91 Å². The van der Waals surface area contributed by atoms with Crippen molar-refractivity contribution >= 4 is 17.8 Å². The molecule has 8 nitrogen and oxygen atoms in total. The van der Waals surface area contributed by atoms with Gasteiger partial charge in [-0.15, -0.1) is 0 Å². The lowest BCUT2D eigenvalue weighted by Crippen LogP contribution is -2.46. The van der Waals surface area contributed by atoms with Crippen LogP contribution in [0.3, 0.4) is 0 Å². The number of furan rings is 2. The third-order valence-corrected chi connectivity index (χ3v) is 4.41. The van der Waals surface area contributed by atoms with Gasteiger partial charge in [0.1, 0.15) is 24.0 Å². The molecule has 1 aliphatic heterocycles. The number of rotatable bonds is 6. The number of carbonyl (C=O) groups excluding carboxylic acids is 2. The maximum atomic E-state index is 13.0. The molecule has 26 heavy (non-hydrogen) atoms. The van der Waals surface area contributed by atoms with Gasteiger partial charge < -0.3 is 24.2 Å². The minimum Gasteiger partial charge on any atom is -0.481 e. The number of hydrogen-bond acceptors (Lipinski definition) is 5. The maximum absolute atomic E-state index is 13.0. The highest BCUT2D eigenvalue weighted by molar-refractivity contribution is 6.00. The summed E-state index contributed by atoms with van der Waals surface area (Å²) in [6.07, 6.45) is 3.78. The van der Waals surface area contributed by atoms with Crippen LogP contribution >= 0.6 is 0 Å². The van der Waals surface area contributed by atoms with E-state index in [0.29, 0.717) is 30.7 Å². The van der Waals surface area contributed by atoms with Gasteiger partial charge in [0.15, 0.2) is 0 Å². The summed E-state index contributed by atoms with van der Waals surface area (Å²) >= 11 is 0. The van der Waals surface area contributed by atoms with Crippen molar-refractivity contribution < 1.29 is 28.3 Å². The fraction of sp³-hybridized carbons (Fsp3) is 0.389. The smallest absolute Gasteiger partial charge is 0.311 e. The molecule has 2 aromatic heterocycles. The molecule has 0 aromatic carbocycles. The van der Waals surface area contributed by atoms with E-state index >= 15 is 0 Å². The van der Waals surface area contributed by atoms with Crippen LogP contribution in [-0.2, 0) is 22.6 Å².